The third kappa shape index (κ3) is 4.90. The Morgan fingerprint density at radius 2 is 1.42 bits per heavy atom. The van der Waals surface area contributed by atoms with E-state index in [-0.39, 0.29) is 13.0 Å². The molecule has 4 aromatic rings. The van der Waals surface area contributed by atoms with Gasteiger partial charge in [-0.1, -0.05) is 78.9 Å². The van der Waals surface area contributed by atoms with Gasteiger partial charge < -0.3 is 15.2 Å². The van der Waals surface area contributed by atoms with Gasteiger partial charge in [0.1, 0.15) is 12.6 Å². The van der Waals surface area contributed by atoms with E-state index in [0.717, 1.165) is 32.7 Å². The molecule has 4 aromatic carbocycles. The normalized spacial score (nSPS) is 12.0. The molecule has 0 saturated heterocycles. The zero-order valence-electron chi connectivity index (χ0n) is 17.0. The van der Waals surface area contributed by atoms with Crippen molar-refractivity contribution in [1.82, 2.24) is 5.32 Å². The molecule has 5 nitrogen and oxygen atoms in total. The Bertz CT molecular complexity index is 1170. The second-order valence-electron chi connectivity index (χ2n) is 7.44. The van der Waals surface area contributed by atoms with Crippen molar-refractivity contribution in [3.05, 3.63) is 96.1 Å². The minimum absolute atomic E-state index is 0.182. The van der Waals surface area contributed by atoms with Crippen LogP contribution in [0.4, 0.5) is 0 Å². The SMILES string of the molecule is O=C(COCc1ccccc1)N[C@@H](Cc1c2ccccc2cc2ccccc12)C(=O)O. The van der Waals surface area contributed by atoms with Crippen molar-refractivity contribution < 1.29 is 19.4 Å². The number of nitrogens with one attached hydrogen (secondary N) is 1. The van der Waals surface area contributed by atoms with Gasteiger partial charge in [0.2, 0.25) is 5.91 Å². The molecule has 4 rings (SSSR count). The predicted molar refractivity (Wildman–Crippen MR) is 121 cm³/mol. The largest absolute Gasteiger partial charge is 0.480 e. The highest BCUT2D eigenvalue weighted by molar-refractivity contribution is 6.02. The number of hydrogen-bond donors (Lipinski definition) is 2. The summed E-state index contributed by atoms with van der Waals surface area (Å²) in [5, 5.41) is 16.4. The highest BCUT2D eigenvalue weighted by Crippen LogP contribution is 2.29. The molecule has 0 aromatic heterocycles. The fourth-order valence-corrected chi connectivity index (χ4v) is 3.80. The molecule has 156 valence electrons. The molecule has 1 amide bonds. The molecular weight excluding hydrogens is 390 g/mol. The van der Waals surface area contributed by atoms with Gasteiger partial charge in [0, 0.05) is 6.42 Å². The van der Waals surface area contributed by atoms with Crippen molar-refractivity contribution in [2.45, 2.75) is 19.1 Å². The van der Waals surface area contributed by atoms with E-state index in [1.54, 1.807) is 0 Å². The summed E-state index contributed by atoms with van der Waals surface area (Å²) in [5.74, 6) is -1.53. The lowest BCUT2D eigenvalue weighted by atomic mass is 9.92. The lowest BCUT2D eigenvalue weighted by Crippen LogP contribution is -2.43. The van der Waals surface area contributed by atoms with Crippen LogP contribution in [0.25, 0.3) is 21.5 Å². The third-order valence-corrected chi connectivity index (χ3v) is 5.27. The summed E-state index contributed by atoms with van der Waals surface area (Å²) in [5.41, 5.74) is 1.86. The second-order valence-corrected chi connectivity index (χ2v) is 7.44. The van der Waals surface area contributed by atoms with E-state index < -0.39 is 17.9 Å². The molecule has 0 aliphatic rings. The van der Waals surface area contributed by atoms with Gasteiger partial charge >= 0.3 is 5.97 Å². The van der Waals surface area contributed by atoms with Crippen LogP contribution in [0.1, 0.15) is 11.1 Å². The molecule has 0 heterocycles. The van der Waals surface area contributed by atoms with E-state index >= 15 is 0 Å². The predicted octanol–water partition coefficient (Wildman–Crippen LogP) is 4.32. The van der Waals surface area contributed by atoms with E-state index in [9.17, 15) is 14.7 Å². The van der Waals surface area contributed by atoms with Gasteiger partial charge in [-0.15, -0.1) is 0 Å². The van der Waals surface area contributed by atoms with Crippen molar-refractivity contribution in [2.24, 2.45) is 0 Å². The van der Waals surface area contributed by atoms with E-state index in [1.165, 1.54) is 0 Å². The number of rotatable bonds is 8. The third-order valence-electron chi connectivity index (χ3n) is 5.27. The average Bonchev–Trinajstić information content (AvgIpc) is 2.79. The minimum Gasteiger partial charge on any atom is -0.480 e. The Balaban J connectivity index is 1.52. The van der Waals surface area contributed by atoms with Crippen LogP contribution in [0, 0.1) is 0 Å². The van der Waals surface area contributed by atoms with Crippen molar-refractivity contribution in [3.63, 3.8) is 0 Å². The van der Waals surface area contributed by atoms with E-state index in [1.807, 2.05) is 78.9 Å². The fourth-order valence-electron chi connectivity index (χ4n) is 3.80. The van der Waals surface area contributed by atoms with Crippen LogP contribution >= 0.6 is 0 Å². The second kappa shape index (κ2) is 9.41. The highest BCUT2D eigenvalue weighted by atomic mass is 16.5. The molecule has 5 heteroatoms. The van der Waals surface area contributed by atoms with Crippen LogP contribution in [0.2, 0.25) is 0 Å². The first kappa shape index (κ1) is 20.6. The van der Waals surface area contributed by atoms with E-state index in [4.69, 9.17) is 4.74 Å². The Hall–Kier alpha value is -3.70. The fraction of sp³-hybridized carbons (Fsp3) is 0.154. The molecule has 0 bridgehead atoms. The molecule has 0 aliphatic carbocycles. The first-order valence-corrected chi connectivity index (χ1v) is 10.1. The van der Waals surface area contributed by atoms with Gasteiger partial charge in [-0.05, 0) is 38.7 Å². The summed E-state index contributed by atoms with van der Waals surface area (Å²) in [6, 6.07) is 26.3. The number of fused-ring (bicyclic) bond motifs is 2. The van der Waals surface area contributed by atoms with Crippen molar-refractivity contribution in [3.8, 4) is 0 Å². The lowest BCUT2D eigenvalue weighted by molar-refractivity contribution is -0.142. The molecule has 1 atom stereocenters. The minimum atomic E-state index is -1.08. The maximum atomic E-state index is 12.4. The standard InChI is InChI=1S/C26H23NO4/c28-25(17-31-16-18-8-2-1-3-9-18)27-24(26(29)30)15-23-21-12-6-4-10-19(21)14-20-11-5-7-13-22(20)23/h1-14,24H,15-17H2,(H,27,28)(H,29,30)/t24-/m0/s1. The van der Waals surface area contributed by atoms with Crippen LogP contribution < -0.4 is 5.32 Å². The Morgan fingerprint density at radius 1 is 0.839 bits per heavy atom. The van der Waals surface area contributed by atoms with Crippen LogP contribution in [0.5, 0.6) is 0 Å². The first-order valence-electron chi connectivity index (χ1n) is 10.1. The zero-order chi connectivity index (χ0) is 21.6. The number of ether oxygens (including phenoxy) is 1. The molecule has 31 heavy (non-hydrogen) atoms. The number of carbonyl (C=O) groups excluding carboxylic acids is 1. The molecular formula is C26H23NO4. The van der Waals surface area contributed by atoms with Crippen molar-refractivity contribution in [1.29, 1.82) is 0 Å². The monoisotopic (exact) mass is 413 g/mol. The summed E-state index contributed by atoms with van der Waals surface area (Å²) >= 11 is 0. The van der Waals surface area contributed by atoms with Gasteiger partial charge in [-0.25, -0.2) is 4.79 Å². The smallest absolute Gasteiger partial charge is 0.326 e. The summed E-state index contributed by atoms with van der Waals surface area (Å²) < 4.78 is 5.45. The number of aliphatic carboxylic acids is 1. The van der Waals surface area contributed by atoms with Crippen molar-refractivity contribution in [2.75, 3.05) is 6.61 Å². The number of amides is 1. The van der Waals surface area contributed by atoms with Gasteiger partial charge in [0.05, 0.1) is 6.61 Å². The molecule has 0 spiro atoms. The molecule has 2 N–H and O–H groups in total. The van der Waals surface area contributed by atoms with Crippen LogP contribution in [-0.4, -0.2) is 29.6 Å². The molecule has 0 fully saturated rings. The van der Waals surface area contributed by atoms with E-state index in [2.05, 4.69) is 11.4 Å². The van der Waals surface area contributed by atoms with Crippen LogP contribution in [0.15, 0.2) is 84.9 Å². The maximum absolute atomic E-state index is 12.4. The number of carbonyl (C=O) groups is 2. The number of benzene rings is 4. The Labute approximate surface area is 180 Å². The zero-order valence-corrected chi connectivity index (χ0v) is 17.0. The number of carboxylic acid groups (broad SMARTS) is 1. The molecule has 0 unspecified atom stereocenters. The topological polar surface area (TPSA) is 75.6 Å². The van der Waals surface area contributed by atoms with E-state index in [0.29, 0.717) is 6.61 Å². The maximum Gasteiger partial charge on any atom is 0.326 e. The molecule has 0 aliphatic heterocycles. The Morgan fingerprint density at radius 3 is 2.03 bits per heavy atom. The summed E-state index contributed by atoms with van der Waals surface area (Å²) in [4.78, 5) is 24.3. The quantitative estimate of drug-likeness (QED) is 0.422. The van der Waals surface area contributed by atoms with Gasteiger partial charge in [-0.2, -0.15) is 0 Å². The van der Waals surface area contributed by atoms with Gasteiger partial charge in [0.15, 0.2) is 0 Å². The van der Waals surface area contributed by atoms with Crippen molar-refractivity contribution >= 4 is 33.4 Å². The summed E-state index contributed by atoms with van der Waals surface area (Å²) in [6.45, 7) is 0.0922. The number of hydrogen-bond acceptors (Lipinski definition) is 3. The van der Waals surface area contributed by atoms with Gasteiger partial charge in [-0.3, -0.25) is 4.79 Å². The highest BCUT2D eigenvalue weighted by Gasteiger charge is 2.22. The van der Waals surface area contributed by atoms with Crippen LogP contribution in [0.3, 0.4) is 0 Å². The average molecular weight is 413 g/mol. The molecule has 0 saturated carbocycles. The summed E-state index contributed by atoms with van der Waals surface area (Å²) in [7, 11) is 0. The lowest BCUT2D eigenvalue weighted by Gasteiger charge is -2.18. The number of carboxylic acids is 1. The van der Waals surface area contributed by atoms with Gasteiger partial charge in [0.25, 0.3) is 0 Å². The summed E-state index contributed by atoms with van der Waals surface area (Å²) in [6.07, 6.45) is 0.182. The van der Waals surface area contributed by atoms with Crippen LogP contribution in [-0.2, 0) is 27.4 Å². The Kier molecular flexibility index (Phi) is 6.24. The first-order chi connectivity index (χ1) is 15.1. The molecule has 0 radical (unpaired) electrons.